The summed E-state index contributed by atoms with van der Waals surface area (Å²) in [4.78, 5) is 25.7. The largest absolute Gasteiger partial charge is 0.496 e. The number of halogens is 2. The summed E-state index contributed by atoms with van der Waals surface area (Å²) in [5.74, 6) is -0.123. The number of ether oxygens (including phenoxy) is 1. The molecule has 2 aromatic heterocycles. The van der Waals surface area contributed by atoms with Gasteiger partial charge in [-0.25, -0.2) is 14.3 Å². The number of nitrogens with zero attached hydrogens (tertiary/aromatic N) is 4. The van der Waals surface area contributed by atoms with E-state index in [1.807, 2.05) is 13.8 Å². The summed E-state index contributed by atoms with van der Waals surface area (Å²) in [6, 6.07) is 7.58. The van der Waals surface area contributed by atoms with Gasteiger partial charge in [-0.2, -0.15) is 4.68 Å². The van der Waals surface area contributed by atoms with Crippen molar-refractivity contribution in [3.05, 3.63) is 79.2 Å². The lowest BCUT2D eigenvalue weighted by atomic mass is 9.99. The molecule has 4 rings (SSSR count). The van der Waals surface area contributed by atoms with Crippen molar-refractivity contribution in [3.8, 4) is 11.4 Å². The van der Waals surface area contributed by atoms with E-state index in [-0.39, 0.29) is 35.0 Å². The van der Waals surface area contributed by atoms with E-state index in [0.29, 0.717) is 22.4 Å². The molecule has 9 nitrogen and oxygen atoms in total. The van der Waals surface area contributed by atoms with Crippen LogP contribution in [-0.4, -0.2) is 43.6 Å². The SMILES string of the molecule is COc1cc2c(cc1Cc1cccc(Cl)c1F)c(=O)c(-n1nn[nH]c1=O)cn2[C@H](CO)C(C)C. The maximum absolute atomic E-state index is 14.6. The number of aromatic nitrogens is 5. The molecule has 2 aromatic carbocycles. The Labute approximate surface area is 198 Å². The maximum Gasteiger partial charge on any atom is 0.366 e. The van der Waals surface area contributed by atoms with E-state index in [4.69, 9.17) is 16.3 Å². The molecule has 0 aliphatic carbocycles. The van der Waals surface area contributed by atoms with Crippen molar-refractivity contribution < 1.29 is 14.2 Å². The standard InChI is InChI=1S/C23H23ClFN5O4/c1-12(2)19(11-31)29-10-18(30-23(33)26-27-28-30)22(32)15-8-14(20(34-3)9-17(15)29)7-13-5-4-6-16(24)21(13)25/h4-6,8-10,12,19,31H,7,11H2,1-3H3,(H,26,28,33)/t19-/m1/s1. The normalized spacial score (nSPS) is 12.4. The molecule has 11 heteroatoms. The minimum absolute atomic E-state index is 0.00461. The number of methoxy groups -OCH3 is 1. The van der Waals surface area contributed by atoms with Crippen LogP contribution in [0.5, 0.6) is 5.75 Å². The molecule has 178 valence electrons. The van der Waals surface area contributed by atoms with Crippen molar-refractivity contribution >= 4 is 22.5 Å². The molecule has 4 aromatic rings. The highest BCUT2D eigenvalue weighted by molar-refractivity contribution is 6.30. The first-order valence-electron chi connectivity index (χ1n) is 10.6. The van der Waals surface area contributed by atoms with Gasteiger partial charge in [0, 0.05) is 24.1 Å². The second-order valence-corrected chi connectivity index (χ2v) is 8.64. The Morgan fingerprint density at radius 3 is 2.62 bits per heavy atom. The van der Waals surface area contributed by atoms with Crippen LogP contribution in [0.15, 0.2) is 46.1 Å². The van der Waals surface area contributed by atoms with Crippen molar-refractivity contribution in [2.75, 3.05) is 13.7 Å². The lowest BCUT2D eigenvalue weighted by Crippen LogP contribution is -2.28. The molecular formula is C23H23ClFN5O4. The van der Waals surface area contributed by atoms with Crippen LogP contribution in [0.2, 0.25) is 5.02 Å². The molecule has 0 radical (unpaired) electrons. The first kappa shape index (κ1) is 23.7. The number of benzene rings is 2. The Hall–Kier alpha value is -3.50. The zero-order valence-electron chi connectivity index (χ0n) is 18.7. The average molecular weight is 488 g/mol. The summed E-state index contributed by atoms with van der Waals surface area (Å²) in [6.45, 7) is 3.65. The van der Waals surface area contributed by atoms with Gasteiger partial charge in [-0.3, -0.25) is 4.79 Å². The molecule has 0 spiro atoms. The van der Waals surface area contributed by atoms with E-state index in [0.717, 1.165) is 4.68 Å². The number of nitrogens with one attached hydrogen (secondary N) is 1. The third kappa shape index (κ3) is 4.10. The Balaban J connectivity index is 2.03. The fourth-order valence-corrected chi connectivity index (χ4v) is 4.22. The molecule has 1 atom stereocenters. The lowest BCUT2D eigenvalue weighted by Gasteiger charge is -2.25. The molecule has 2 N–H and O–H groups in total. The van der Waals surface area contributed by atoms with Crippen molar-refractivity contribution in [2.45, 2.75) is 26.3 Å². The molecule has 0 fully saturated rings. The Morgan fingerprint density at radius 2 is 2.00 bits per heavy atom. The zero-order chi connectivity index (χ0) is 24.6. The Morgan fingerprint density at radius 1 is 1.24 bits per heavy atom. The van der Waals surface area contributed by atoms with E-state index in [9.17, 15) is 19.1 Å². The van der Waals surface area contributed by atoms with E-state index >= 15 is 0 Å². The summed E-state index contributed by atoms with van der Waals surface area (Å²) in [5.41, 5.74) is 0.195. The van der Waals surface area contributed by atoms with Gasteiger partial charge >= 0.3 is 5.69 Å². The van der Waals surface area contributed by atoms with E-state index < -0.39 is 23.0 Å². The molecule has 0 saturated heterocycles. The topological polar surface area (TPSA) is 115 Å². The highest BCUT2D eigenvalue weighted by Crippen LogP contribution is 2.31. The molecule has 34 heavy (non-hydrogen) atoms. The Kier molecular flexibility index (Phi) is 6.54. The van der Waals surface area contributed by atoms with Gasteiger partial charge in [0.05, 0.1) is 30.3 Å². The quantitative estimate of drug-likeness (QED) is 0.414. The summed E-state index contributed by atoms with van der Waals surface area (Å²) in [7, 11) is 1.48. The van der Waals surface area contributed by atoms with Gasteiger partial charge in [-0.15, -0.1) is 0 Å². The zero-order valence-corrected chi connectivity index (χ0v) is 19.5. The van der Waals surface area contributed by atoms with Crippen LogP contribution in [0.4, 0.5) is 4.39 Å². The van der Waals surface area contributed by atoms with Crippen molar-refractivity contribution in [2.24, 2.45) is 5.92 Å². The second-order valence-electron chi connectivity index (χ2n) is 8.23. The van der Waals surface area contributed by atoms with Gasteiger partial charge in [0.1, 0.15) is 17.3 Å². The summed E-state index contributed by atoms with van der Waals surface area (Å²) in [6.07, 6.45) is 1.60. The van der Waals surface area contributed by atoms with Crippen LogP contribution in [0, 0.1) is 11.7 Å². The number of rotatable bonds is 7. The Bertz CT molecular complexity index is 1480. The first-order chi connectivity index (χ1) is 16.3. The van der Waals surface area contributed by atoms with Crippen molar-refractivity contribution in [3.63, 3.8) is 0 Å². The highest BCUT2D eigenvalue weighted by atomic mass is 35.5. The lowest BCUT2D eigenvalue weighted by molar-refractivity contribution is 0.196. The fourth-order valence-electron chi connectivity index (χ4n) is 4.03. The number of H-pyrrole nitrogens is 1. The van der Waals surface area contributed by atoms with Crippen LogP contribution >= 0.6 is 11.6 Å². The maximum atomic E-state index is 14.6. The number of tetrazole rings is 1. The summed E-state index contributed by atoms with van der Waals surface area (Å²) in [5, 5.41) is 19.7. The van der Waals surface area contributed by atoms with Crippen LogP contribution in [0.3, 0.4) is 0 Å². The first-order valence-corrected chi connectivity index (χ1v) is 10.9. The highest BCUT2D eigenvalue weighted by Gasteiger charge is 2.22. The summed E-state index contributed by atoms with van der Waals surface area (Å²) < 4.78 is 22.8. The minimum Gasteiger partial charge on any atom is -0.496 e. The van der Waals surface area contributed by atoms with Crippen molar-refractivity contribution in [1.29, 1.82) is 0 Å². The van der Waals surface area contributed by atoms with Gasteiger partial charge in [-0.1, -0.05) is 37.6 Å². The predicted molar refractivity (Wildman–Crippen MR) is 125 cm³/mol. The minimum atomic E-state index is -0.678. The number of aromatic amines is 1. The third-order valence-electron chi connectivity index (χ3n) is 5.84. The molecule has 0 aliphatic heterocycles. The molecule has 2 heterocycles. The van der Waals surface area contributed by atoms with E-state index in [1.165, 1.54) is 19.4 Å². The molecule has 0 unspecified atom stereocenters. The van der Waals surface area contributed by atoms with Gasteiger partial charge in [0.2, 0.25) is 5.43 Å². The number of hydrogen-bond donors (Lipinski definition) is 2. The molecule has 0 amide bonds. The predicted octanol–water partition coefficient (Wildman–Crippen LogP) is 2.85. The number of fused-ring (bicyclic) bond motifs is 1. The van der Waals surface area contributed by atoms with Gasteiger partial charge in [0.15, 0.2) is 0 Å². The van der Waals surface area contributed by atoms with Crippen LogP contribution in [0.25, 0.3) is 16.6 Å². The smallest absolute Gasteiger partial charge is 0.366 e. The second kappa shape index (κ2) is 9.40. The molecule has 0 aliphatic rings. The van der Waals surface area contributed by atoms with Gasteiger partial charge < -0.3 is 14.4 Å². The number of aliphatic hydroxyl groups is 1. The third-order valence-corrected chi connectivity index (χ3v) is 6.13. The van der Waals surface area contributed by atoms with Crippen LogP contribution in [0.1, 0.15) is 31.0 Å². The van der Waals surface area contributed by atoms with Crippen LogP contribution in [-0.2, 0) is 6.42 Å². The average Bonchev–Trinajstić information content (AvgIpc) is 3.24. The number of hydrogen-bond acceptors (Lipinski definition) is 6. The van der Waals surface area contributed by atoms with Crippen LogP contribution < -0.4 is 15.9 Å². The molecular weight excluding hydrogens is 465 g/mol. The molecule has 0 saturated carbocycles. The monoisotopic (exact) mass is 487 g/mol. The van der Waals surface area contributed by atoms with E-state index in [2.05, 4.69) is 15.5 Å². The fraction of sp³-hybridized carbons (Fsp3) is 0.304. The number of aliphatic hydroxyl groups excluding tert-OH is 1. The number of pyridine rings is 1. The van der Waals surface area contributed by atoms with Crippen molar-refractivity contribution in [1.82, 2.24) is 24.8 Å². The van der Waals surface area contributed by atoms with E-state index in [1.54, 1.807) is 28.8 Å². The van der Waals surface area contributed by atoms with Gasteiger partial charge in [0.25, 0.3) is 0 Å². The molecule has 0 bridgehead atoms. The summed E-state index contributed by atoms with van der Waals surface area (Å²) >= 11 is 5.94. The van der Waals surface area contributed by atoms with Gasteiger partial charge in [-0.05, 0) is 39.6 Å².